The highest BCUT2D eigenvalue weighted by atomic mass is 35.5. The van der Waals surface area contributed by atoms with E-state index in [0.29, 0.717) is 11.4 Å². The molecule has 0 saturated carbocycles. The summed E-state index contributed by atoms with van der Waals surface area (Å²) in [6.07, 6.45) is 3.80. The maximum Gasteiger partial charge on any atom is 0.224 e. The van der Waals surface area contributed by atoms with Gasteiger partial charge in [-0.05, 0) is 18.1 Å². The third-order valence-electron chi connectivity index (χ3n) is 2.68. The van der Waals surface area contributed by atoms with E-state index < -0.39 is 0 Å². The number of benzene rings is 1. The molecule has 1 amide bonds. The van der Waals surface area contributed by atoms with E-state index in [-0.39, 0.29) is 23.4 Å². The molecule has 0 radical (unpaired) electrons. The fourth-order valence-corrected chi connectivity index (χ4v) is 1.91. The van der Waals surface area contributed by atoms with E-state index in [9.17, 15) is 9.59 Å². The zero-order valence-electron chi connectivity index (χ0n) is 10.2. The molecule has 2 rings (SSSR count). The highest BCUT2D eigenvalue weighted by Crippen LogP contribution is 2.16. The van der Waals surface area contributed by atoms with Crippen LogP contribution in [0.15, 0.2) is 47.5 Å². The number of halogens is 1. The largest absolute Gasteiger partial charge is 0.366 e. The molecule has 19 heavy (non-hydrogen) atoms. The number of anilines is 1. The van der Waals surface area contributed by atoms with E-state index in [1.807, 2.05) is 18.2 Å². The summed E-state index contributed by atoms with van der Waals surface area (Å²) in [4.78, 5) is 25.9. The molecule has 0 atom stereocenters. The number of amides is 1. The van der Waals surface area contributed by atoms with Crippen molar-refractivity contribution in [1.82, 2.24) is 4.98 Å². The average molecular weight is 277 g/mol. The highest BCUT2D eigenvalue weighted by molar-refractivity contribution is 6.31. The van der Waals surface area contributed by atoms with Crippen molar-refractivity contribution in [2.75, 3.05) is 5.32 Å². The molecule has 2 aromatic rings. The molecule has 0 bridgehead atoms. The standard InChI is InChI=1S/C14H13ClN2O2/c15-11-4-2-1-3-10(11)5-6-14(19)17-12-9-16-8-7-13(12)18/h1-4,7-9H,5-6H2,(H,16,18)(H,17,19). The van der Waals surface area contributed by atoms with Crippen LogP contribution in [0.5, 0.6) is 0 Å². The summed E-state index contributed by atoms with van der Waals surface area (Å²) >= 11 is 6.01. The summed E-state index contributed by atoms with van der Waals surface area (Å²) in [7, 11) is 0. The Morgan fingerprint density at radius 1 is 1.26 bits per heavy atom. The van der Waals surface area contributed by atoms with E-state index in [1.54, 1.807) is 6.07 Å². The first-order valence-electron chi connectivity index (χ1n) is 5.87. The number of carbonyl (C=O) groups is 1. The van der Waals surface area contributed by atoms with Crippen molar-refractivity contribution in [3.63, 3.8) is 0 Å². The predicted octanol–water partition coefficient (Wildman–Crippen LogP) is 2.60. The number of hydrogen-bond acceptors (Lipinski definition) is 2. The Kier molecular flexibility index (Phi) is 4.36. The number of pyridine rings is 1. The van der Waals surface area contributed by atoms with Crippen LogP contribution in [0.25, 0.3) is 0 Å². The monoisotopic (exact) mass is 276 g/mol. The zero-order valence-corrected chi connectivity index (χ0v) is 10.9. The highest BCUT2D eigenvalue weighted by Gasteiger charge is 2.06. The molecule has 0 unspecified atom stereocenters. The lowest BCUT2D eigenvalue weighted by Gasteiger charge is -2.05. The maximum atomic E-state index is 11.7. The molecule has 1 aromatic carbocycles. The molecule has 5 heteroatoms. The summed E-state index contributed by atoms with van der Waals surface area (Å²) in [6.45, 7) is 0. The molecule has 0 aliphatic rings. The first-order chi connectivity index (χ1) is 9.16. The Labute approximate surface area is 115 Å². The summed E-state index contributed by atoms with van der Waals surface area (Å²) in [5, 5.41) is 3.22. The molecule has 1 aromatic heterocycles. The lowest BCUT2D eigenvalue weighted by atomic mass is 10.1. The number of carbonyl (C=O) groups excluding carboxylic acids is 1. The van der Waals surface area contributed by atoms with Gasteiger partial charge in [0.25, 0.3) is 0 Å². The fourth-order valence-electron chi connectivity index (χ4n) is 1.68. The summed E-state index contributed by atoms with van der Waals surface area (Å²) in [5.41, 5.74) is 0.956. The van der Waals surface area contributed by atoms with Gasteiger partial charge in [0.2, 0.25) is 11.3 Å². The van der Waals surface area contributed by atoms with Crippen molar-refractivity contribution in [1.29, 1.82) is 0 Å². The topological polar surface area (TPSA) is 62.0 Å². The van der Waals surface area contributed by atoms with Gasteiger partial charge < -0.3 is 10.3 Å². The van der Waals surface area contributed by atoms with Crippen LogP contribution in [-0.2, 0) is 11.2 Å². The van der Waals surface area contributed by atoms with Gasteiger partial charge in [-0.25, -0.2) is 0 Å². The van der Waals surface area contributed by atoms with Crippen molar-refractivity contribution in [2.45, 2.75) is 12.8 Å². The van der Waals surface area contributed by atoms with Gasteiger partial charge in [-0.15, -0.1) is 0 Å². The molecule has 98 valence electrons. The molecule has 4 nitrogen and oxygen atoms in total. The van der Waals surface area contributed by atoms with Crippen LogP contribution in [0.1, 0.15) is 12.0 Å². The first-order valence-corrected chi connectivity index (χ1v) is 6.25. The van der Waals surface area contributed by atoms with Gasteiger partial charge in [-0.2, -0.15) is 0 Å². The number of H-pyrrole nitrogens is 1. The van der Waals surface area contributed by atoms with Crippen molar-refractivity contribution in [2.24, 2.45) is 0 Å². The second-order valence-corrected chi connectivity index (χ2v) is 4.47. The van der Waals surface area contributed by atoms with Gasteiger partial charge >= 0.3 is 0 Å². The van der Waals surface area contributed by atoms with Crippen LogP contribution in [0.4, 0.5) is 5.69 Å². The molecule has 0 saturated heterocycles. The number of aromatic amines is 1. The van der Waals surface area contributed by atoms with Crippen LogP contribution in [-0.4, -0.2) is 10.9 Å². The third-order valence-corrected chi connectivity index (χ3v) is 3.05. The van der Waals surface area contributed by atoms with E-state index in [0.717, 1.165) is 5.56 Å². The van der Waals surface area contributed by atoms with Gasteiger partial charge in [0.15, 0.2) is 0 Å². The molecular weight excluding hydrogens is 264 g/mol. The van der Waals surface area contributed by atoms with Gasteiger partial charge in [-0.3, -0.25) is 9.59 Å². The molecule has 0 aliphatic carbocycles. The second kappa shape index (κ2) is 6.20. The molecule has 2 N–H and O–H groups in total. The van der Waals surface area contributed by atoms with Gasteiger partial charge in [0.1, 0.15) is 5.69 Å². The number of aromatic nitrogens is 1. The summed E-state index contributed by atoms with van der Waals surface area (Å²) in [6, 6.07) is 8.75. The van der Waals surface area contributed by atoms with Crippen LogP contribution >= 0.6 is 11.6 Å². The number of rotatable bonds is 4. The normalized spacial score (nSPS) is 10.2. The van der Waals surface area contributed by atoms with Crippen LogP contribution in [0.2, 0.25) is 5.02 Å². The average Bonchev–Trinajstić information content (AvgIpc) is 2.40. The fraction of sp³-hybridized carbons (Fsp3) is 0.143. The quantitative estimate of drug-likeness (QED) is 0.902. The van der Waals surface area contributed by atoms with Crippen LogP contribution in [0, 0.1) is 0 Å². The molecule has 0 spiro atoms. The van der Waals surface area contributed by atoms with Gasteiger partial charge in [-0.1, -0.05) is 29.8 Å². The number of hydrogen-bond donors (Lipinski definition) is 2. The SMILES string of the molecule is O=C(CCc1ccccc1Cl)Nc1c[nH]ccc1=O. The van der Waals surface area contributed by atoms with Crippen molar-refractivity contribution >= 4 is 23.2 Å². The van der Waals surface area contributed by atoms with Crippen molar-refractivity contribution in [3.8, 4) is 0 Å². The Balaban J connectivity index is 1.94. The Morgan fingerprint density at radius 2 is 2.05 bits per heavy atom. The minimum Gasteiger partial charge on any atom is -0.366 e. The Bertz CT molecular complexity index is 637. The van der Waals surface area contributed by atoms with E-state index >= 15 is 0 Å². The molecule has 1 heterocycles. The molecule has 0 aliphatic heterocycles. The maximum absolute atomic E-state index is 11.7. The van der Waals surface area contributed by atoms with E-state index in [1.165, 1.54) is 18.5 Å². The first kappa shape index (κ1) is 13.4. The van der Waals surface area contributed by atoms with Crippen LogP contribution in [0.3, 0.4) is 0 Å². The smallest absolute Gasteiger partial charge is 0.224 e. The summed E-state index contributed by atoms with van der Waals surface area (Å²) in [5.74, 6) is -0.211. The van der Waals surface area contributed by atoms with Crippen LogP contribution < -0.4 is 10.7 Å². The van der Waals surface area contributed by atoms with Crippen molar-refractivity contribution < 1.29 is 4.79 Å². The van der Waals surface area contributed by atoms with Gasteiger partial charge in [0.05, 0.1) is 0 Å². The minimum atomic E-state index is -0.218. The predicted molar refractivity (Wildman–Crippen MR) is 75.5 cm³/mol. The molecular formula is C14H13ClN2O2. The summed E-state index contributed by atoms with van der Waals surface area (Å²) < 4.78 is 0. The second-order valence-electron chi connectivity index (χ2n) is 4.06. The molecule has 0 fully saturated rings. The minimum absolute atomic E-state index is 0.211. The zero-order chi connectivity index (χ0) is 13.7. The van der Waals surface area contributed by atoms with E-state index in [2.05, 4.69) is 10.3 Å². The third kappa shape index (κ3) is 3.69. The lowest BCUT2D eigenvalue weighted by Crippen LogP contribution is -2.18. The van der Waals surface area contributed by atoms with E-state index in [4.69, 9.17) is 11.6 Å². The number of aryl methyl sites for hydroxylation is 1. The Hall–Kier alpha value is -2.07. The lowest BCUT2D eigenvalue weighted by molar-refractivity contribution is -0.116. The number of nitrogens with one attached hydrogen (secondary N) is 2. The van der Waals surface area contributed by atoms with Gasteiger partial charge in [0, 0.05) is 29.9 Å². The van der Waals surface area contributed by atoms with Crippen molar-refractivity contribution in [3.05, 3.63) is 63.5 Å². The Morgan fingerprint density at radius 3 is 2.79 bits per heavy atom.